The van der Waals surface area contributed by atoms with Crippen LogP contribution in [-0.4, -0.2) is 28.2 Å². The van der Waals surface area contributed by atoms with Gasteiger partial charge in [-0.1, -0.05) is 25.4 Å². The van der Waals surface area contributed by atoms with E-state index in [2.05, 4.69) is 15.3 Å². The predicted octanol–water partition coefficient (Wildman–Crippen LogP) is 2.05. The van der Waals surface area contributed by atoms with Gasteiger partial charge in [-0.25, -0.2) is 9.97 Å². The van der Waals surface area contributed by atoms with Crippen molar-refractivity contribution in [2.75, 3.05) is 18.5 Å². The van der Waals surface area contributed by atoms with Crippen LogP contribution in [0.1, 0.15) is 31.7 Å². The number of hydrogen-bond acceptors (Lipinski definition) is 4. The molecule has 0 saturated heterocycles. The molecule has 15 heavy (non-hydrogen) atoms. The highest BCUT2D eigenvalue weighted by atomic mass is 35.5. The van der Waals surface area contributed by atoms with Crippen molar-refractivity contribution in [1.29, 1.82) is 0 Å². The van der Waals surface area contributed by atoms with Gasteiger partial charge >= 0.3 is 0 Å². The van der Waals surface area contributed by atoms with Crippen LogP contribution in [-0.2, 0) is 0 Å². The Labute approximate surface area is 94.7 Å². The summed E-state index contributed by atoms with van der Waals surface area (Å²) in [5.74, 6) is 1.04. The largest absolute Gasteiger partial charge is 0.396 e. The van der Waals surface area contributed by atoms with Crippen molar-refractivity contribution in [3.63, 3.8) is 0 Å². The molecule has 0 saturated carbocycles. The summed E-state index contributed by atoms with van der Waals surface area (Å²) in [7, 11) is 0. The van der Waals surface area contributed by atoms with Crippen molar-refractivity contribution < 1.29 is 5.11 Å². The molecule has 0 aliphatic heterocycles. The Balaban J connectivity index is 2.81. The third-order valence-corrected chi connectivity index (χ3v) is 2.34. The lowest BCUT2D eigenvalue weighted by atomic mass is 10.1. The zero-order valence-electron chi connectivity index (χ0n) is 9.00. The second-order valence-corrected chi connectivity index (χ2v) is 3.94. The van der Waals surface area contributed by atoms with E-state index in [-0.39, 0.29) is 12.5 Å². The van der Waals surface area contributed by atoms with E-state index in [1.165, 1.54) is 6.33 Å². The summed E-state index contributed by atoms with van der Waals surface area (Å²) in [6.45, 7) is 4.94. The van der Waals surface area contributed by atoms with Gasteiger partial charge in [0.15, 0.2) is 0 Å². The summed E-state index contributed by atoms with van der Waals surface area (Å²) < 4.78 is 0. The first-order chi connectivity index (χ1) is 7.16. The molecule has 0 aromatic carbocycles. The zero-order valence-corrected chi connectivity index (χ0v) is 9.75. The van der Waals surface area contributed by atoms with Crippen LogP contribution in [0.25, 0.3) is 0 Å². The highest BCUT2D eigenvalue weighted by Gasteiger charge is 2.12. The third-order valence-electron chi connectivity index (χ3n) is 2.04. The number of rotatable bonds is 5. The van der Waals surface area contributed by atoms with Crippen LogP contribution >= 0.6 is 11.6 Å². The molecule has 0 amide bonds. The summed E-state index contributed by atoms with van der Waals surface area (Å²) >= 11 is 6.00. The second kappa shape index (κ2) is 5.88. The first-order valence-corrected chi connectivity index (χ1v) is 5.39. The molecule has 0 bridgehead atoms. The van der Waals surface area contributed by atoms with Crippen molar-refractivity contribution in [2.24, 2.45) is 0 Å². The van der Waals surface area contributed by atoms with Gasteiger partial charge in [0.25, 0.3) is 0 Å². The molecular weight excluding hydrogens is 214 g/mol. The first-order valence-electron chi connectivity index (χ1n) is 5.02. The van der Waals surface area contributed by atoms with E-state index in [9.17, 15) is 0 Å². The molecule has 0 atom stereocenters. The topological polar surface area (TPSA) is 58.0 Å². The number of nitrogens with zero attached hydrogens (tertiary/aromatic N) is 2. The fourth-order valence-electron chi connectivity index (χ4n) is 1.31. The Bertz CT molecular complexity index is 318. The monoisotopic (exact) mass is 229 g/mol. The minimum Gasteiger partial charge on any atom is -0.396 e. The van der Waals surface area contributed by atoms with Crippen molar-refractivity contribution in [3.8, 4) is 0 Å². The van der Waals surface area contributed by atoms with E-state index in [0.29, 0.717) is 18.1 Å². The lowest BCUT2D eigenvalue weighted by Crippen LogP contribution is -2.09. The average molecular weight is 230 g/mol. The van der Waals surface area contributed by atoms with Gasteiger partial charge in [0.2, 0.25) is 0 Å². The van der Waals surface area contributed by atoms with Gasteiger partial charge in [0.05, 0.1) is 0 Å². The first kappa shape index (κ1) is 12.2. The summed E-state index contributed by atoms with van der Waals surface area (Å²) in [5, 5.41) is 12.3. The van der Waals surface area contributed by atoms with Crippen LogP contribution < -0.4 is 5.32 Å². The summed E-state index contributed by atoms with van der Waals surface area (Å²) in [4.78, 5) is 8.10. The molecule has 2 N–H and O–H groups in total. The van der Waals surface area contributed by atoms with E-state index in [0.717, 1.165) is 11.4 Å². The Hall–Kier alpha value is -0.870. The van der Waals surface area contributed by atoms with Crippen molar-refractivity contribution in [2.45, 2.75) is 26.2 Å². The molecule has 0 fully saturated rings. The second-order valence-electron chi connectivity index (χ2n) is 3.59. The number of halogens is 1. The van der Waals surface area contributed by atoms with E-state index in [1.807, 2.05) is 13.8 Å². The zero-order chi connectivity index (χ0) is 11.3. The van der Waals surface area contributed by atoms with Crippen LogP contribution in [0.4, 0.5) is 5.82 Å². The summed E-state index contributed by atoms with van der Waals surface area (Å²) in [6, 6.07) is 0. The predicted molar refractivity (Wildman–Crippen MR) is 61.3 cm³/mol. The van der Waals surface area contributed by atoms with Crippen LogP contribution in [0, 0.1) is 0 Å². The minimum atomic E-state index is 0.169. The average Bonchev–Trinajstić information content (AvgIpc) is 2.17. The lowest BCUT2D eigenvalue weighted by molar-refractivity contribution is 0.292. The smallest absolute Gasteiger partial charge is 0.138 e. The number of hydrogen-bond donors (Lipinski definition) is 2. The molecule has 84 valence electrons. The Morgan fingerprint density at radius 3 is 2.80 bits per heavy atom. The Morgan fingerprint density at radius 2 is 2.20 bits per heavy atom. The fourth-order valence-corrected chi connectivity index (χ4v) is 1.66. The van der Waals surface area contributed by atoms with Gasteiger partial charge in [-0.2, -0.15) is 0 Å². The molecular formula is C10H16ClN3O. The summed E-state index contributed by atoms with van der Waals surface area (Å²) in [5.41, 5.74) is 0.928. The highest BCUT2D eigenvalue weighted by molar-refractivity contribution is 6.30. The number of aliphatic hydroxyl groups excluding tert-OH is 1. The highest BCUT2D eigenvalue weighted by Crippen LogP contribution is 2.27. The van der Waals surface area contributed by atoms with Crippen LogP contribution in [0.5, 0.6) is 0 Å². The molecule has 0 spiro atoms. The number of aromatic nitrogens is 2. The van der Waals surface area contributed by atoms with Gasteiger partial charge in [0.1, 0.15) is 17.3 Å². The van der Waals surface area contributed by atoms with Crippen molar-refractivity contribution in [1.82, 2.24) is 9.97 Å². The standard InChI is InChI=1S/C10H16ClN3O/c1-7(2)8-9(11)13-6-14-10(8)12-4-3-5-15/h6-7,15H,3-5H2,1-2H3,(H,12,13,14). The van der Waals surface area contributed by atoms with Gasteiger partial charge in [0, 0.05) is 18.7 Å². The molecule has 1 aromatic rings. The minimum absolute atomic E-state index is 0.169. The maximum atomic E-state index is 8.68. The SMILES string of the molecule is CC(C)c1c(Cl)ncnc1NCCCO. The molecule has 0 unspecified atom stereocenters. The maximum Gasteiger partial charge on any atom is 0.138 e. The van der Waals surface area contributed by atoms with E-state index >= 15 is 0 Å². The fraction of sp³-hybridized carbons (Fsp3) is 0.600. The lowest BCUT2D eigenvalue weighted by Gasteiger charge is -2.13. The van der Waals surface area contributed by atoms with Gasteiger partial charge in [-0.3, -0.25) is 0 Å². The van der Waals surface area contributed by atoms with Crippen LogP contribution in [0.2, 0.25) is 5.15 Å². The third kappa shape index (κ3) is 3.32. The van der Waals surface area contributed by atoms with E-state index in [1.54, 1.807) is 0 Å². The van der Waals surface area contributed by atoms with Crippen molar-refractivity contribution >= 4 is 17.4 Å². The van der Waals surface area contributed by atoms with Crippen molar-refractivity contribution in [3.05, 3.63) is 17.0 Å². The number of nitrogens with one attached hydrogen (secondary N) is 1. The molecule has 0 aliphatic rings. The molecule has 5 heteroatoms. The van der Waals surface area contributed by atoms with E-state index in [4.69, 9.17) is 16.7 Å². The van der Waals surface area contributed by atoms with Gasteiger partial charge < -0.3 is 10.4 Å². The van der Waals surface area contributed by atoms with Gasteiger partial charge in [-0.05, 0) is 12.3 Å². The quantitative estimate of drug-likeness (QED) is 0.599. The number of anilines is 1. The molecule has 0 radical (unpaired) electrons. The molecule has 0 aliphatic carbocycles. The molecule has 1 aromatic heterocycles. The van der Waals surface area contributed by atoms with E-state index < -0.39 is 0 Å². The molecule has 1 rings (SSSR count). The normalized spacial score (nSPS) is 10.7. The molecule has 4 nitrogen and oxygen atoms in total. The molecule has 1 heterocycles. The maximum absolute atomic E-state index is 8.68. The Kier molecular flexibility index (Phi) is 4.78. The number of aliphatic hydroxyl groups is 1. The summed E-state index contributed by atoms with van der Waals surface area (Å²) in [6.07, 6.45) is 2.13. The Morgan fingerprint density at radius 1 is 1.47 bits per heavy atom. The van der Waals surface area contributed by atoms with Crippen LogP contribution in [0.3, 0.4) is 0 Å². The van der Waals surface area contributed by atoms with Gasteiger partial charge in [-0.15, -0.1) is 0 Å². The van der Waals surface area contributed by atoms with Crippen LogP contribution in [0.15, 0.2) is 6.33 Å².